The predicted octanol–water partition coefficient (Wildman–Crippen LogP) is 3.43. The molecule has 1 aromatic heterocycles. The lowest BCUT2D eigenvalue weighted by atomic mass is 10.1. The van der Waals surface area contributed by atoms with Gasteiger partial charge in [0, 0.05) is 51.2 Å². The van der Waals surface area contributed by atoms with Gasteiger partial charge in [-0.2, -0.15) is 0 Å². The maximum Gasteiger partial charge on any atom is 0.205 e. The number of nitrogens with zero attached hydrogens (tertiary/aromatic N) is 5. The number of amidine groups is 1. The Bertz CT molecular complexity index is 676. The van der Waals surface area contributed by atoms with Gasteiger partial charge in [0.05, 0.1) is 5.70 Å². The zero-order valence-electron chi connectivity index (χ0n) is 17.3. The molecule has 144 valence electrons. The Morgan fingerprint density at radius 3 is 2.23 bits per heavy atom. The number of carbonyl (C=O) groups excluding carboxylic acids is 1. The van der Waals surface area contributed by atoms with Gasteiger partial charge in [-0.3, -0.25) is 4.79 Å². The van der Waals surface area contributed by atoms with Crippen molar-refractivity contribution in [2.24, 2.45) is 12.0 Å². The molecule has 6 heteroatoms. The number of hydrogen-bond donors (Lipinski definition) is 0. The molecule has 0 unspecified atom stereocenters. The first-order chi connectivity index (χ1) is 12.4. The Hall–Kier alpha value is -2.37. The number of aryl methyl sites for hydroxylation is 1. The highest BCUT2D eigenvalue weighted by Gasteiger charge is 2.20. The van der Waals surface area contributed by atoms with Gasteiger partial charge in [0.1, 0.15) is 5.84 Å². The van der Waals surface area contributed by atoms with Gasteiger partial charge in [-0.15, -0.1) is 0 Å². The van der Waals surface area contributed by atoms with Crippen LogP contribution in [0.4, 0.5) is 5.95 Å². The van der Waals surface area contributed by atoms with Crippen molar-refractivity contribution in [2.45, 2.75) is 41.5 Å². The summed E-state index contributed by atoms with van der Waals surface area (Å²) < 4.78 is 2.04. The van der Waals surface area contributed by atoms with E-state index in [9.17, 15) is 4.79 Å². The maximum absolute atomic E-state index is 11.6. The van der Waals surface area contributed by atoms with Gasteiger partial charge in [0.25, 0.3) is 0 Å². The van der Waals surface area contributed by atoms with Gasteiger partial charge in [-0.1, -0.05) is 19.9 Å². The van der Waals surface area contributed by atoms with Gasteiger partial charge in [0.15, 0.2) is 5.78 Å². The molecular formula is C20H33N5O. The van der Waals surface area contributed by atoms with Crippen LogP contribution in [0.1, 0.15) is 41.5 Å². The number of hydrogen-bond acceptors (Lipinski definition) is 4. The van der Waals surface area contributed by atoms with Crippen LogP contribution >= 0.6 is 0 Å². The Morgan fingerprint density at radius 2 is 1.77 bits per heavy atom. The Balaban J connectivity index is 0.00000163. The van der Waals surface area contributed by atoms with E-state index in [0.29, 0.717) is 5.57 Å². The van der Waals surface area contributed by atoms with E-state index in [2.05, 4.69) is 14.8 Å². The summed E-state index contributed by atoms with van der Waals surface area (Å²) in [5, 5.41) is 0. The Labute approximate surface area is 157 Å². The molecule has 1 saturated heterocycles. The van der Waals surface area contributed by atoms with Crippen LogP contribution in [0, 0.1) is 0 Å². The van der Waals surface area contributed by atoms with Gasteiger partial charge in [-0.05, 0) is 33.8 Å². The van der Waals surface area contributed by atoms with Crippen LogP contribution in [-0.4, -0.2) is 52.2 Å². The largest absolute Gasteiger partial charge is 0.357 e. The van der Waals surface area contributed by atoms with Crippen molar-refractivity contribution in [3.63, 3.8) is 0 Å². The fraction of sp³-hybridized carbons (Fsp3) is 0.550. The standard InChI is InChI=1S/C18H27N5O.C2H6/c1-6-7-17(14(2)15(3)24)20-16(4)22-10-12-23(13-11-22)18-19-8-9-21(18)5;1-2/h6-9H,10-13H2,1-5H3;1-2H3/b7-6-,17-14-,20-16?;. The van der Waals surface area contributed by atoms with Crippen molar-refractivity contribution < 1.29 is 4.79 Å². The van der Waals surface area contributed by atoms with E-state index >= 15 is 0 Å². The van der Waals surface area contributed by atoms with Crippen LogP contribution in [0.3, 0.4) is 0 Å². The number of allylic oxidation sites excluding steroid dienone is 3. The third kappa shape index (κ3) is 5.58. The number of Topliss-reactive ketones (excluding diaryl/α,β-unsaturated/α-hetero) is 1. The number of piperazine rings is 1. The summed E-state index contributed by atoms with van der Waals surface area (Å²) in [6.45, 7) is 15.0. The zero-order valence-corrected chi connectivity index (χ0v) is 17.3. The molecule has 0 spiro atoms. The number of anilines is 1. The van der Waals surface area contributed by atoms with Crippen molar-refractivity contribution in [3.8, 4) is 0 Å². The average molecular weight is 360 g/mol. The zero-order chi connectivity index (χ0) is 19.7. The lowest BCUT2D eigenvalue weighted by molar-refractivity contribution is -0.113. The highest BCUT2D eigenvalue weighted by atomic mass is 16.1. The normalized spacial score (nSPS) is 16.3. The van der Waals surface area contributed by atoms with Crippen molar-refractivity contribution in [1.82, 2.24) is 14.5 Å². The smallest absolute Gasteiger partial charge is 0.205 e. The fourth-order valence-corrected chi connectivity index (χ4v) is 2.72. The van der Waals surface area contributed by atoms with Crippen molar-refractivity contribution in [2.75, 3.05) is 31.1 Å². The van der Waals surface area contributed by atoms with Crippen molar-refractivity contribution >= 4 is 17.6 Å². The van der Waals surface area contributed by atoms with Crippen molar-refractivity contribution in [3.05, 3.63) is 35.8 Å². The minimum Gasteiger partial charge on any atom is -0.357 e. The third-order valence-corrected chi connectivity index (χ3v) is 4.34. The Morgan fingerprint density at radius 1 is 1.15 bits per heavy atom. The predicted molar refractivity (Wildman–Crippen MR) is 110 cm³/mol. The monoisotopic (exact) mass is 359 g/mol. The van der Waals surface area contributed by atoms with E-state index in [1.165, 1.54) is 0 Å². The first-order valence-corrected chi connectivity index (χ1v) is 9.31. The van der Waals surface area contributed by atoms with Crippen molar-refractivity contribution in [1.29, 1.82) is 0 Å². The second-order valence-corrected chi connectivity index (χ2v) is 6.04. The molecule has 0 saturated carbocycles. The van der Waals surface area contributed by atoms with Gasteiger partial charge in [0.2, 0.25) is 5.95 Å². The SMILES string of the molecule is C/C=C\C(N=C(C)N1CCN(c2nccn2C)CC1)=C(/C)C(C)=O.CC. The van der Waals surface area contributed by atoms with Crippen LogP contribution in [0.15, 0.2) is 40.8 Å². The molecule has 1 aromatic rings. The average Bonchev–Trinajstić information content (AvgIpc) is 3.08. The molecule has 0 aromatic carbocycles. The lowest BCUT2D eigenvalue weighted by Gasteiger charge is -2.36. The minimum absolute atomic E-state index is 0.0549. The highest BCUT2D eigenvalue weighted by Crippen LogP contribution is 2.15. The summed E-state index contributed by atoms with van der Waals surface area (Å²) in [6.07, 6.45) is 7.60. The van der Waals surface area contributed by atoms with Gasteiger partial charge in [-0.25, -0.2) is 9.98 Å². The van der Waals surface area contributed by atoms with Crippen LogP contribution in [-0.2, 0) is 11.8 Å². The summed E-state index contributed by atoms with van der Waals surface area (Å²) in [4.78, 5) is 25.3. The molecule has 0 N–H and O–H groups in total. The second-order valence-electron chi connectivity index (χ2n) is 6.04. The first-order valence-electron chi connectivity index (χ1n) is 9.31. The summed E-state index contributed by atoms with van der Waals surface area (Å²) in [6, 6.07) is 0. The molecule has 2 heterocycles. The Kier molecular flexibility index (Phi) is 8.82. The lowest BCUT2D eigenvalue weighted by Crippen LogP contribution is -2.48. The first kappa shape index (κ1) is 21.7. The van der Waals surface area contributed by atoms with Crippen LogP contribution in [0.25, 0.3) is 0 Å². The number of rotatable bonds is 4. The molecule has 0 atom stereocenters. The molecule has 0 aliphatic carbocycles. The number of aromatic nitrogens is 2. The van der Waals surface area contributed by atoms with E-state index in [-0.39, 0.29) is 5.78 Å². The molecule has 1 aliphatic heterocycles. The molecule has 2 rings (SSSR count). The summed E-state index contributed by atoms with van der Waals surface area (Å²) in [5.74, 6) is 2.01. The van der Waals surface area contributed by atoms with Crippen LogP contribution < -0.4 is 4.90 Å². The van der Waals surface area contributed by atoms with Gasteiger partial charge < -0.3 is 14.4 Å². The van der Waals surface area contributed by atoms with Gasteiger partial charge >= 0.3 is 0 Å². The van der Waals surface area contributed by atoms with Crippen LogP contribution in [0.5, 0.6) is 0 Å². The summed E-state index contributed by atoms with van der Waals surface area (Å²) in [5.41, 5.74) is 1.44. The quantitative estimate of drug-likeness (QED) is 0.358. The van der Waals surface area contributed by atoms with Crippen LogP contribution in [0.2, 0.25) is 0 Å². The van der Waals surface area contributed by atoms with E-state index < -0.39 is 0 Å². The molecule has 0 bridgehead atoms. The third-order valence-electron chi connectivity index (χ3n) is 4.34. The van der Waals surface area contributed by atoms with E-state index in [1.807, 2.05) is 70.8 Å². The highest BCUT2D eigenvalue weighted by molar-refractivity contribution is 5.94. The number of ketones is 1. The molecule has 1 aliphatic rings. The topological polar surface area (TPSA) is 53.7 Å². The maximum atomic E-state index is 11.6. The second kappa shape index (κ2) is 10.6. The molecule has 0 amide bonds. The summed E-state index contributed by atoms with van der Waals surface area (Å²) in [7, 11) is 2.01. The molecule has 6 nitrogen and oxygen atoms in total. The number of imidazole rings is 1. The van der Waals surface area contributed by atoms with E-state index in [0.717, 1.165) is 43.7 Å². The van der Waals surface area contributed by atoms with E-state index in [4.69, 9.17) is 4.99 Å². The number of aliphatic imine (C=N–C) groups is 1. The van der Waals surface area contributed by atoms with E-state index in [1.54, 1.807) is 6.92 Å². The molecule has 26 heavy (non-hydrogen) atoms. The molecule has 0 radical (unpaired) electrons. The summed E-state index contributed by atoms with van der Waals surface area (Å²) >= 11 is 0. The number of carbonyl (C=O) groups is 1. The molecular weight excluding hydrogens is 326 g/mol. The fourth-order valence-electron chi connectivity index (χ4n) is 2.72. The minimum atomic E-state index is 0.0549. The molecule has 1 fully saturated rings.